The molecule has 16 heavy (non-hydrogen) atoms. The van der Waals surface area contributed by atoms with Crippen molar-refractivity contribution in [3.8, 4) is 5.75 Å². The fourth-order valence-electron chi connectivity index (χ4n) is 1.98. The Morgan fingerprint density at radius 2 is 1.75 bits per heavy atom. The molecule has 0 saturated heterocycles. The average molecular weight is 221 g/mol. The van der Waals surface area contributed by atoms with Crippen molar-refractivity contribution < 1.29 is 4.74 Å². The topological polar surface area (TPSA) is 35.2 Å². The van der Waals surface area contributed by atoms with Crippen molar-refractivity contribution in [2.45, 2.75) is 39.5 Å². The Morgan fingerprint density at radius 3 is 2.25 bits per heavy atom. The highest BCUT2D eigenvalue weighted by atomic mass is 16.5. The van der Waals surface area contributed by atoms with Crippen molar-refractivity contribution in [3.63, 3.8) is 0 Å². The molecule has 2 nitrogen and oxygen atoms in total. The van der Waals surface area contributed by atoms with Crippen LogP contribution in [0, 0.1) is 13.8 Å². The number of hydrogen-bond donors (Lipinski definition) is 1. The van der Waals surface area contributed by atoms with Crippen molar-refractivity contribution in [2.24, 2.45) is 5.73 Å². The van der Waals surface area contributed by atoms with E-state index in [0.717, 1.165) is 12.2 Å². The first-order valence-corrected chi connectivity index (χ1v) is 5.78. The molecule has 1 aromatic rings. The molecular formula is C14H23NO. The average Bonchev–Trinajstić information content (AvgIpc) is 2.21. The molecule has 0 bridgehead atoms. The minimum atomic E-state index is 0.0680. The summed E-state index contributed by atoms with van der Waals surface area (Å²) in [5.41, 5.74) is 9.57. The maximum Gasteiger partial charge on any atom is 0.122 e. The van der Waals surface area contributed by atoms with Crippen molar-refractivity contribution in [2.75, 3.05) is 13.7 Å². The van der Waals surface area contributed by atoms with Gasteiger partial charge in [-0.1, -0.05) is 19.9 Å². The van der Waals surface area contributed by atoms with Crippen LogP contribution in [0.5, 0.6) is 5.75 Å². The number of hydrogen-bond acceptors (Lipinski definition) is 2. The molecule has 0 unspecified atom stereocenters. The predicted molar refractivity (Wildman–Crippen MR) is 69.2 cm³/mol. The molecule has 0 aromatic heterocycles. The van der Waals surface area contributed by atoms with Crippen LogP contribution in [0.25, 0.3) is 0 Å². The Labute approximate surface area is 98.8 Å². The van der Waals surface area contributed by atoms with Gasteiger partial charge in [-0.25, -0.2) is 0 Å². The van der Waals surface area contributed by atoms with Gasteiger partial charge >= 0.3 is 0 Å². The van der Waals surface area contributed by atoms with E-state index in [9.17, 15) is 0 Å². The molecular weight excluding hydrogens is 198 g/mol. The lowest BCUT2D eigenvalue weighted by molar-refractivity contribution is 0.386. The Kier molecular flexibility index (Phi) is 3.98. The Hall–Kier alpha value is -1.02. The lowest BCUT2D eigenvalue weighted by Crippen LogP contribution is -2.22. The number of benzene rings is 1. The standard InChI is InChI=1S/C14H23NO/c1-10-8-12(14(3,4)6-7-15)13(16-5)9-11(10)2/h8-9H,6-7,15H2,1-5H3. The summed E-state index contributed by atoms with van der Waals surface area (Å²) in [6, 6.07) is 4.34. The first kappa shape index (κ1) is 13.0. The molecule has 2 heteroatoms. The van der Waals surface area contributed by atoms with E-state index in [1.54, 1.807) is 7.11 Å². The molecule has 2 N–H and O–H groups in total. The van der Waals surface area contributed by atoms with E-state index in [4.69, 9.17) is 10.5 Å². The molecule has 0 heterocycles. The molecule has 0 amide bonds. The van der Waals surface area contributed by atoms with Crippen LogP contribution in [0.2, 0.25) is 0 Å². The number of rotatable bonds is 4. The summed E-state index contributed by atoms with van der Waals surface area (Å²) >= 11 is 0. The van der Waals surface area contributed by atoms with Crippen LogP contribution in [-0.2, 0) is 5.41 Å². The van der Waals surface area contributed by atoms with Gasteiger partial charge in [-0.15, -0.1) is 0 Å². The van der Waals surface area contributed by atoms with Gasteiger partial charge in [0.15, 0.2) is 0 Å². The van der Waals surface area contributed by atoms with Gasteiger partial charge in [-0.2, -0.15) is 0 Å². The third kappa shape index (κ3) is 2.56. The van der Waals surface area contributed by atoms with Crippen LogP contribution in [0.4, 0.5) is 0 Å². The van der Waals surface area contributed by atoms with Crippen molar-refractivity contribution in [3.05, 3.63) is 28.8 Å². The molecule has 0 radical (unpaired) electrons. The summed E-state index contributed by atoms with van der Waals surface area (Å²) in [7, 11) is 1.73. The molecule has 0 fully saturated rings. The van der Waals surface area contributed by atoms with Crippen LogP contribution < -0.4 is 10.5 Å². The summed E-state index contributed by atoms with van der Waals surface area (Å²) in [4.78, 5) is 0. The smallest absolute Gasteiger partial charge is 0.122 e. The molecule has 0 aliphatic rings. The predicted octanol–water partition coefficient (Wildman–Crippen LogP) is 2.94. The second-order valence-electron chi connectivity index (χ2n) is 5.06. The van der Waals surface area contributed by atoms with Gasteiger partial charge in [-0.05, 0) is 49.4 Å². The molecule has 1 aromatic carbocycles. The largest absolute Gasteiger partial charge is 0.496 e. The van der Waals surface area contributed by atoms with Gasteiger partial charge in [0.2, 0.25) is 0 Å². The van der Waals surface area contributed by atoms with Crippen LogP contribution in [0.15, 0.2) is 12.1 Å². The highest BCUT2D eigenvalue weighted by Crippen LogP contribution is 2.35. The second kappa shape index (κ2) is 4.88. The highest BCUT2D eigenvalue weighted by Gasteiger charge is 2.24. The van der Waals surface area contributed by atoms with Crippen molar-refractivity contribution in [1.29, 1.82) is 0 Å². The molecule has 0 spiro atoms. The monoisotopic (exact) mass is 221 g/mol. The van der Waals surface area contributed by atoms with Gasteiger partial charge in [0.1, 0.15) is 5.75 Å². The molecule has 0 aliphatic heterocycles. The fourth-order valence-corrected chi connectivity index (χ4v) is 1.98. The summed E-state index contributed by atoms with van der Waals surface area (Å²) < 4.78 is 5.47. The minimum absolute atomic E-state index is 0.0680. The number of aryl methyl sites for hydroxylation is 2. The highest BCUT2D eigenvalue weighted by molar-refractivity contribution is 5.45. The Morgan fingerprint density at radius 1 is 1.19 bits per heavy atom. The fraction of sp³-hybridized carbons (Fsp3) is 0.571. The summed E-state index contributed by atoms with van der Waals surface area (Å²) in [5, 5.41) is 0. The molecule has 0 aliphatic carbocycles. The lowest BCUT2D eigenvalue weighted by atomic mass is 9.80. The third-order valence-corrected chi connectivity index (χ3v) is 3.31. The van der Waals surface area contributed by atoms with Gasteiger partial charge in [0, 0.05) is 5.56 Å². The maximum absolute atomic E-state index is 5.67. The van der Waals surface area contributed by atoms with Gasteiger partial charge in [-0.3, -0.25) is 0 Å². The van der Waals surface area contributed by atoms with E-state index in [1.807, 2.05) is 0 Å². The number of nitrogens with two attached hydrogens (primary N) is 1. The maximum atomic E-state index is 5.67. The zero-order chi connectivity index (χ0) is 12.3. The number of ether oxygens (including phenoxy) is 1. The van der Waals surface area contributed by atoms with E-state index >= 15 is 0 Å². The van der Waals surface area contributed by atoms with Crippen LogP contribution in [0.1, 0.15) is 37.0 Å². The van der Waals surface area contributed by atoms with Gasteiger partial charge < -0.3 is 10.5 Å². The van der Waals surface area contributed by atoms with Gasteiger partial charge in [0.25, 0.3) is 0 Å². The van der Waals surface area contributed by atoms with Crippen LogP contribution >= 0.6 is 0 Å². The van der Waals surface area contributed by atoms with E-state index in [1.165, 1.54) is 16.7 Å². The second-order valence-corrected chi connectivity index (χ2v) is 5.06. The minimum Gasteiger partial charge on any atom is -0.496 e. The molecule has 90 valence electrons. The van der Waals surface area contributed by atoms with E-state index in [2.05, 4.69) is 39.8 Å². The summed E-state index contributed by atoms with van der Waals surface area (Å²) in [6.07, 6.45) is 0.964. The third-order valence-electron chi connectivity index (χ3n) is 3.31. The van der Waals surface area contributed by atoms with E-state index in [0.29, 0.717) is 6.54 Å². The molecule has 0 saturated carbocycles. The zero-order valence-electron chi connectivity index (χ0n) is 11.1. The van der Waals surface area contributed by atoms with Crippen molar-refractivity contribution >= 4 is 0 Å². The lowest BCUT2D eigenvalue weighted by Gasteiger charge is -2.27. The Bertz CT molecular complexity index is 369. The first-order chi connectivity index (χ1) is 7.42. The number of methoxy groups -OCH3 is 1. The quantitative estimate of drug-likeness (QED) is 0.848. The van der Waals surface area contributed by atoms with Crippen molar-refractivity contribution in [1.82, 2.24) is 0 Å². The normalized spacial score (nSPS) is 11.6. The molecule has 1 rings (SSSR count). The van der Waals surface area contributed by atoms with Gasteiger partial charge in [0.05, 0.1) is 7.11 Å². The zero-order valence-corrected chi connectivity index (χ0v) is 11.1. The van der Waals surface area contributed by atoms with Crippen LogP contribution in [0.3, 0.4) is 0 Å². The Balaban J connectivity index is 3.26. The molecule has 0 atom stereocenters. The summed E-state index contributed by atoms with van der Waals surface area (Å²) in [6.45, 7) is 9.37. The summed E-state index contributed by atoms with van der Waals surface area (Å²) in [5.74, 6) is 0.974. The van der Waals surface area contributed by atoms with E-state index in [-0.39, 0.29) is 5.41 Å². The van der Waals surface area contributed by atoms with E-state index < -0.39 is 0 Å². The SMILES string of the molecule is COc1cc(C)c(C)cc1C(C)(C)CCN. The van der Waals surface area contributed by atoms with Crippen LogP contribution in [-0.4, -0.2) is 13.7 Å². The first-order valence-electron chi connectivity index (χ1n) is 5.78.